The maximum absolute atomic E-state index is 6.08. The summed E-state index contributed by atoms with van der Waals surface area (Å²) in [5.74, 6) is 0.879. The third kappa shape index (κ3) is 3.86. The molecule has 24 heavy (non-hydrogen) atoms. The predicted octanol–water partition coefficient (Wildman–Crippen LogP) is 4.24. The van der Waals surface area contributed by atoms with Gasteiger partial charge in [0, 0.05) is 17.6 Å². The minimum absolute atomic E-state index is 0.663. The highest BCUT2D eigenvalue weighted by atomic mass is 35.5. The van der Waals surface area contributed by atoms with Gasteiger partial charge in [0.1, 0.15) is 10.8 Å². The van der Waals surface area contributed by atoms with Gasteiger partial charge >= 0.3 is 0 Å². The van der Waals surface area contributed by atoms with Crippen molar-refractivity contribution in [2.24, 2.45) is 4.99 Å². The summed E-state index contributed by atoms with van der Waals surface area (Å²) in [5.41, 5.74) is 2.15. The smallest absolute Gasteiger partial charge is 0.203 e. The second kappa shape index (κ2) is 7.64. The Hall–Kier alpha value is -2.11. The van der Waals surface area contributed by atoms with Crippen LogP contribution in [0.2, 0.25) is 5.02 Å². The number of halogens is 1. The average molecular weight is 360 g/mol. The molecule has 0 N–H and O–H groups in total. The van der Waals surface area contributed by atoms with Crippen molar-refractivity contribution in [3.8, 4) is 16.3 Å². The maximum Gasteiger partial charge on any atom is 0.203 e. The van der Waals surface area contributed by atoms with E-state index in [2.05, 4.69) is 17.1 Å². The molecule has 0 aliphatic heterocycles. The number of rotatable bonds is 5. The third-order valence-electron chi connectivity index (χ3n) is 3.45. The van der Waals surface area contributed by atoms with Crippen LogP contribution in [0.4, 0.5) is 0 Å². The molecule has 0 aliphatic carbocycles. The first-order valence-electron chi connectivity index (χ1n) is 7.68. The minimum atomic E-state index is 0.663. The Bertz CT molecular complexity index is 884. The van der Waals surface area contributed by atoms with Crippen LogP contribution < -0.4 is 9.54 Å². The van der Waals surface area contributed by atoms with E-state index in [4.69, 9.17) is 21.4 Å². The summed E-state index contributed by atoms with van der Waals surface area (Å²) in [5, 5.41) is 6.31. The van der Waals surface area contributed by atoms with E-state index < -0.39 is 0 Å². The van der Waals surface area contributed by atoms with E-state index >= 15 is 0 Å². The highest BCUT2D eigenvalue weighted by molar-refractivity contribution is 7.12. The molecule has 0 spiro atoms. The van der Waals surface area contributed by atoms with E-state index in [0.717, 1.165) is 26.7 Å². The molecule has 1 heterocycles. The molecule has 0 amide bonds. The van der Waals surface area contributed by atoms with E-state index in [1.807, 2.05) is 48.0 Å². The van der Waals surface area contributed by atoms with Crippen LogP contribution >= 0.6 is 22.9 Å². The molecule has 0 aliphatic rings. The number of hydrogen-bond donors (Lipinski definition) is 0. The summed E-state index contributed by atoms with van der Waals surface area (Å²) in [6.45, 7) is 3.31. The van der Waals surface area contributed by atoms with Gasteiger partial charge in [0.25, 0.3) is 0 Å². The highest BCUT2D eigenvalue weighted by Gasteiger charge is 2.08. The minimum Gasteiger partial charge on any atom is -0.494 e. The lowest BCUT2D eigenvalue weighted by Gasteiger charge is -2.05. The first-order valence-corrected chi connectivity index (χ1v) is 8.87. The molecule has 0 saturated carbocycles. The van der Waals surface area contributed by atoms with Gasteiger partial charge in [0.15, 0.2) is 0 Å². The second-order valence-electron chi connectivity index (χ2n) is 5.16. The van der Waals surface area contributed by atoms with Gasteiger partial charge in [-0.3, -0.25) is 4.99 Å². The van der Waals surface area contributed by atoms with E-state index in [-0.39, 0.29) is 0 Å². The zero-order valence-electron chi connectivity index (χ0n) is 13.6. The lowest BCUT2D eigenvalue weighted by molar-refractivity contribution is 0.340. The fourth-order valence-electron chi connectivity index (χ4n) is 2.34. The molecule has 0 unspecified atom stereocenters. The molecule has 0 radical (unpaired) electrons. The molecule has 1 aromatic heterocycles. The van der Waals surface area contributed by atoms with Gasteiger partial charge in [-0.05, 0) is 36.8 Å². The van der Waals surface area contributed by atoms with Gasteiger partial charge in [0.05, 0.1) is 13.2 Å². The Labute approximate surface area is 150 Å². The summed E-state index contributed by atoms with van der Waals surface area (Å²) < 4.78 is 7.39. The lowest BCUT2D eigenvalue weighted by Crippen LogP contribution is -2.17. The van der Waals surface area contributed by atoms with Crippen molar-refractivity contribution in [3.63, 3.8) is 0 Å². The summed E-state index contributed by atoms with van der Waals surface area (Å²) in [6, 6.07) is 15.8. The Morgan fingerprint density at radius 2 is 2.00 bits per heavy atom. The van der Waals surface area contributed by atoms with Crippen molar-refractivity contribution in [3.05, 3.63) is 63.9 Å². The molecule has 4 nitrogen and oxygen atoms in total. The summed E-state index contributed by atoms with van der Waals surface area (Å²) in [7, 11) is 1.78. The summed E-state index contributed by atoms with van der Waals surface area (Å²) >= 11 is 7.63. The van der Waals surface area contributed by atoms with Crippen molar-refractivity contribution < 1.29 is 4.74 Å². The van der Waals surface area contributed by atoms with Crippen LogP contribution in [0.3, 0.4) is 0 Å². The molecule has 0 bridgehead atoms. The molecular weight excluding hydrogens is 342 g/mol. The normalized spacial score (nSPS) is 11.7. The maximum atomic E-state index is 6.08. The SMILES string of the molecule is CCOc1ccc(Cn2nc(-c3cccc(Cl)c3)sc2=NC)cc1. The van der Waals surface area contributed by atoms with Crippen LogP contribution in [0.15, 0.2) is 53.5 Å². The molecule has 0 saturated heterocycles. The number of benzene rings is 2. The van der Waals surface area contributed by atoms with Crippen LogP contribution in [0.5, 0.6) is 5.75 Å². The monoisotopic (exact) mass is 359 g/mol. The molecule has 0 atom stereocenters. The third-order valence-corrected chi connectivity index (χ3v) is 4.77. The largest absolute Gasteiger partial charge is 0.494 e. The van der Waals surface area contributed by atoms with Gasteiger partial charge in [-0.2, -0.15) is 5.10 Å². The van der Waals surface area contributed by atoms with Crippen LogP contribution in [-0.2, 0) is 6.54 Å². The molecule has 2 aromatic carbocycles. The zero-order chi connectivity index (χ0) is 16.9. The Morgan fingerprint density at radius 3 is 2.67 bits per heavy atom. The highest BCUT2D eigenvalue weighted by Crippen LogP contribution is 2.23. The molecule has 124 valence electrons. The fraction of sp³-hybridized carbons (Fsp3) is 0.222. The fourth-order valence-corrected chi connectivity index (χ4v) is 3.39. The molecule has 0 fully saturated rings. The van der Waals surface area contributed by atoms with E-state index in [0.29, 0.717) is 18.2 Å². The van der Waals surface area contributed by atoms with Crippen LogP contribution in [-0.4, -0.2) is 23.4 Å². The topological polar surface area (TPSA) is 39.4 Å². The zero-order valence-corrected chi connectivity index (χ0v) is 15.1. The van der Waals surface area contributed by atoms with Crippen molar-refractivity contribution in [2.45, 2.75) is 13.5 Å². The van der Waals surface area contributed by atoms with Crippen molar-refractivity contribution >= 4 is 22.9 Å². The predicted molar refractivity (Wildman–Crippen MR) is 98.8 cm³/mol. The van der Waals surface area contributed by atoms with E-state index in [1.54, 1.807) is 18.4 Å². The number of ether oxygens (including phenoxy) is 1. The van der Waals surface area contributed by atoms with Crippen LogP contribution in [0, 0.1) is 0 Å². The lowest BCUT2D eigenvalue weighted by atomic mass is 10.2. The molecule has 3 rings (SSSR count). The Morgan fingerprint density at radius 1 is 1.21 bits per heavy atom. The number of nitrogens with zero attached hydrogens (tertiary/aromatic N) is 3. The quantitative estimate of drug-likeness (QED) is 0.683. The first-order chi connectivity index (χ1) is 11.7. The number of aromatic nitrogens is 2. The van der Waals surface area contributed by atoms with Gasteiger partial charge in [-0.1, -0.05) is 47.2 Å². The molecular formula is C18H18ClN3OS. The summed E-state index contributed by atoms with van der Waals surface area (Å²) in [4.78, 5) is 5.22. The summed E-state index contributed by atoms with van der Waals surface area (Å²) in [6.07, 6.45) is 0. The van der Waals surface area contributed by atoms with Crippen LogP contribution in [0.1, 0.15) is 12.5 Å². The van der Waals surface area contributed by atoms with Crippen molar-refractivity contribution in [1.29, 1.82) is 0 Å². The van der Waals surface area contributed by atoms with Gasteiger partial charge in [0.2, 0.25) is 4.80 Å². The molecule has 6 heteroatoms. The Balaban J connectivity index is 1.88. The van der Waals surface area contributed by atoms with Crippen LogP contribution in [0.25, 0.3) is 10.6 Å². The van der Waals surface area contributed by atoms with E-state index in [1.165, 1.54) is 0 Å². The second-order valence-corrected chi connectivity index (χ2v) is 6.55. The Kier molecular flexibility index (Phi) is 5.33. The first kappa shape index (κ1) is 16.7. The number of hydrogen-bond acceptors (Lipinski definition) is 4. The van der Waals surface area contributed by atoms with E-state index in [9.17, 15) is 0 Å². The van der Waals surface area contributed by atoms with Crippen molar-refractivity contribution in [2.75, 3.05) is 13.7 Å². The van der Waals surface area contributed by atoms with Crippen molar-refractivity contribution in [1.82, 2.24) is 9.78 Å². The van der Waals surface area contributed by atoms with Gasteiger partial charge in [-0.15, -0.1) is 0 Å². The average Bonchev–Trinajstić information content (AvgIpc) is 3.00. The molecule has 3 aromatic rings. The standard InChI is InChI=1S/C18H18ClN3OS/c1-3-23-16-9-7-13(8-10-16)12-22-18(20-2)24-17(21-22)14-5-4-6-15(19)11-14/h4-11H,3,12H2,1-2H3. The van der Waals surface area contributed by atoms with Gasteiger partial charge < -0.3 is 4.74 Å². The van der Waals surface area contributed by atoms with Gasteiger partial charge in [-0.25, -0.2) is 4.68 Å².